The largest absolute Gasteiger partial charge is 0.378 e. The zero-order valence-electron chi connectivity index (χ0n) is 10.0. The van der Waals surface area contributed by atoms with Crippen molar-refractivity contribution in [1.82, 2.24) is 4.90 Å². The molecule has 0 atom stereocenters. The third kappa shape index (κ3) is 3.46. The van der Waals surface area contributed by atoms with Crippen molar-refractivity contribution in [3.8, 4) is 0 Å². The minimum atomic E-state index is -0.431. The van der Waals surface area contributed by atoms with Gasteiger partial charge in [-0.05, 0) is 12.1 Å². The van der Waals surface area contributed by atoms with E-state index >= 15 is 0 Å². The van der Waals surface area contributed by atoms with E-state index in [4.69, 9.17) is 16.3 Å². The molecule has 0 aliphatic carbocycles. The van der Waals surface area contributed by atoms with Crippen LogP contribution in [0.3, 0.4) is 0 Å². The topological polar surface area (TPSA) is 55.6 Å². The zero-order chi connectivity index (χ0) is 13.8. The molecule has 5 nitrogen and oxygen atoms in total. The Morgan fingerprint density at radius 1 is 1.32 bits per heavy atom. The van der Waals surface area contributed by atoms with Gasteiger partial charge < -0.3 is 9.64 Å². The molecule has 1 aromatic rings. The Morgan fingerprint density at radius 3 is 2.42 bits per heavy atom. The van der Waals surface area contributed by atoms with Crippen molar-refractivity contribution in [1.29, 1.82) is 0 Å². The third-order valence-corrected chi connectivity index (χ3v) is 3.72. The lowest BCUT2D eigenvalue weighted by atomic mass is 10.1. The molecule has 1 saturated heterocycles. The highest BCUT2D eigenvalue weighted by molar-refractivity contribution is 9.11. The van der Waals surface area contributed by atoms with Crippen molar-refractivity contribution < 1.29 is 9.66 Å². The van der Waals surface area contributed by atoms with E-state index < -0.39 is 4.92 Å². The zero-order valence-corrected chi connectivity index (χ0v) is 12.4. The van der Waals surface area contributed by atoms with E-state index in [2.05, 4.69) is 15.9 Å². The molecular weight excluding hydrogens is 336 g/mol. The van der Waals surface area contributed by atoms with Crippen LogP contribution in [0, 0.1) is 10.1 Å². The minimum absolute atomic E-state index is 0.0447. The fourth-order valence-corrected chi connectivity index (χ4v) is 2.52. The highest BCUT2D eigenvalue weighted by Crippen LogP contribution is 2.28. The average Bonchev–Trinajstić information content (AvgIpc) is 2.42. The fraction of sp³-hybridized carbons (Fsp3) is 0.333. The summed E-state index contributed by atoms with van der Waals surface area (Å²) in [5.41, 5.74) is 1.32. The molecule has 1 heterocycles. The lowest BCUT2D eigenvalue weighted by Crippen LogP contribution is -2.35. The highest BCUT2D eigenvalue weighted by atomic mass is 79.9. The Labute approximate surface area is 124 Å². The Kier molecular flexibility index (Phi) is 4.79. The molecule has 0 N–H and O–H groups in total. The van der Waals surface area contributed by atoms with Gasteiger partial charge in [0.15, 0.2) is 0 Å². The number of morpholine rings is 1. The predicted octanol–water partition coefficient (Wildman–Crippen LogP) is 2.97. The van der Waals surface area contributed by atoms with Crippen LogP contribution in [-0.2, 0) is 4.74 Å². The molecule has 1 aliphatic heterocycles. The number of nitrogens with zero attached hydrogens (tertiary/aromatic N) is 2. The first-order chi connectivity index (χ1) is 9.09. The molecule has 1 aliphatic rings. The maximum atomic E-state index is 11.0. The maximum Gasteiger partial charge on any atom is 0.334 e. The number of nitro groups is 1. The second-order valence-corrected chi connectivity index (χ2v) is 5.19. The standard InChI is InChI=1S/C12H12BrClN2O3/c13-12(16(17)18)11(15-5-7-19-8-6-15)9-1-3-10(14)4-2-9/h1-4H,5-8H2. The Balaban J connectivity index is 2.42. The smallest absolute Gasteiger partial charge is 0.334 e. The monoisotopic (exact) mass is 346 g/mol. The quantitative estimate of drug-likeness (QED) is 0.479. The molecule has 7 heteroatoms. The van der Waals surface area contributed by atoms with E-state index in [-0.39, 0.29) is 4.61 Å². The second-order valence-electron chi connectivity index (χ2n) is 4.00. The van der Waals surface area contributed by atoms with Gasteiger partial charge in [0.05, 0.1) is 18.1 Å². The molecule has 0 amide bonds. The van der Waals surface area contributed by atoms with Crippen LogP contribution in [0.5, 0.6) is 0 Å². The van der Waals surface area contributed by atoms with Crippen LogP contribution < -0.4 is 0 Å². The first-order valence-corrected chi connectivity index (χ1v) is 6.89. The van der Waals surface area contributed by atoms with Gasteiger partial charge >= 0.3 is 4.61 Å². The van der Waals surface area contributed by atoms with Crippen molar-refractivity contribution in [2.75, 3.05) is 26.3 Å². The Morgan fingerprint density at radius 2 is 1.89 bits per heavy atom. The maximum absolute atomic E-state index is 11.0. The molecule has 0 unspecified atom stereocenters. The molecule has 2 rings (SSSR count). The van der Waals surface area contributed by atoms with Crippen LogP contribution in [0.25, 0.3) is 5.70 Å². The van der Waals surface area contributed by atoms with Crippen LogP contribution in [0.4, 0.5) is 0 Å². The molecule has 0 saturated carbocycles. The van der Waals surface area contributed by atoms with Crippen molar-refractivity contribution in [2.24, 2.45) is 0 Å². The molecule has 0 radical (unpaired) electrons. The molecule has 19 heavy (non-hydrogen) atoms. The molecule has 1 aromatic carbocycles. The van der Waals surface area contributed by atoms with Crippen molar-refractivity contribution in [3.63, 3.8) is 0 Å². The van der Waals surface area contributed by atoms with Gasteiger partial charge in [0.2, 0.25) is 0 Å². The van der Waals surface area contributed by atoms with Gasteiger partial charge in [-0.25, -0.2) is 0 Å². The number of rotatable bonds is 3. The average molecular weight is 348 g/mol. The summed E-state index contributed by atoms with van der Waals surface area (Å²) >= 11 is 8.91. The van der Waals surface area contributed by atoms with Crippen LogP contribution >= 0.6 is 27.5 Å². The van der Waals surface area contributed by atoms with Crippen LogP contribution in [0.1, 0.15) is 5.56 Å². The van der Waals surface area contributed by atoms with Crippen molar-refractivity contribution >= 4 is 33.2 Å². The van der Waals surface area contributed by atoms with E-state index in [0.29, 0.717) is 37.0 Å². The number of halogens is 2. The van der Waals surface area contributed by atoms with Crippen LogP contribution in [0.2, 0.25) is 5.02 Å². The van der Waals surface area contributed by atoms with Crippen molar-refractivity contribution in [3.05, 3.63) is 49.6 Å². The molecule has 1 fully saturated rings. The van der Waals surface area contributed by atoms with Crippen molar-refractivity contribution in [2.45, 2.75) is 0 Å². The third-order valence-electron chi connectivity index (χ3n) is 2.80. The van der Waals surface area contributed by atoms with Gasteiger partial charge in [0.1, 0.15) is 5.70 Å². The van der Waals surface area contributed by atoms with Gasteiger partial charge in [-0.1, -0.05) is 23.7 Å². The van der Waals surface area contributed by atoms with E-state index in [1.165, 1.54) is 0 Å². The minimum Gasteiger partial charge on any atom is -0.378 e. The predicted molar refractivity (Wildman–Crippen MR) is 76.7 cm³/mol. The summed E-state index contributed by atoms with van der Waals surface area (Å²) in [6.07, 6.45) is 0. The van der Waals surface area contributed by atoms with Gasteiger partial charge in [-0.15, -0.1) is 0 Å². The summed E-state index contributed by atoms with van der Waals surface area (Å²) < 4.78 is 5.23. The number of benzene rings is 1. The Bertz CT molecular complexity index is 498. The first kappa shape index (κ1) is 14.3. The van der Waals surface area contributed by atoms with E-state index in [1.54, 1.807) is 24.3 Å². The molecule has 0 spiro atoms. The normalized spacial score (nSPS) is 17.1. The lowest BCUT2D eigenvalue weighted by Gasteiger charge is -2.30. The van der Waals surface area contributed by atoms with Gasteiger partial charge in [0.25, 0.3) is 0 Å². The highest BCUT2D eigenvalue weighted by Gasteiger charge is 2.24. The number of hydrogen-bond acceptors (Lipinski definition) is 4. The molecule has 102 valence electrons. The lowest BCUT2D eigenvalue weighted by molar-refractivity contribution is -0.408. The van der Waals surface area contributed by atoms with Gasteiger partial charge in [-0.3, -0.25) is 10.1 Å². The van der Waals surface area contributed by atoms with Gasteiger partial charge in [-0.2, -0.15) is 0 Å². The SMILES string of the molecule is O=[N+]([O-])C(Br)=C(c1ccc(Cl)cc1)N1CCOCC1. The summed E-state index contributed by atoms with van der Waals surface area (Å²) in [6, 6.07) is 6.99. The fourth-order valence-electron chi connectivity index (χ4n) is 1.91. The number of ether oxygens (including phenoxy) is 1. The molecule has 0 aromatic heterocycles. The second kappa shape index (κ2) is 6.36. The summed E-state index contributed by atoms with van der Waals surface area (Å²) in [5.74, 6) is 0. The van der Waals surface area contributed by atoms with Gasteiger partial charge in [0, 0.05) is 39.6 Å². The molecular formula is C12H12BrClN2O3. The van der Waals surface area contributed by atoms with Crippen LogP contribution in [-0.4, -0.2) is 36.1 Å². The van der Waals surface area contributed by atoms with Crippen LogP contribution in [0.15, 0.2) is 28.9 Å². The molecule has 0 bridgehead atoms. The summed E-state index contributed by atoms with van der Waals surface area (Å²) in [7, 11) is 0. The van der Waals surface area contributed by atoms with E-state index in [1.807, 2.05) is 4.90 Å². The van der Waals surface area contributed by atoms with E-state index in [9.17, 15) is 10.1 Å². The van der Waals surface area contributed by atoms with E-state index in [0.717, 1.165) is 5.56 Å². The Hall–Kier alpha value is -1.11. The number of hydrogen-bond donors (Lipinski definition) is 0. The summed E-state index contributed by atoms with van der Waals surface area (Å²) in [4.78, 5) is 12.6. The first-order valence-electron chi connectivity index (χ1n) is 5.72. The summed E-state index contributed by atoms with van der Waals surface area (Å²) in [5, 5.41) is 11.6. The summed E-state index contributed by atoms with van der Waals surface area (Å²) in [6.45, 7) is 2.38.